The number of allylic oxidation sites excluding steroid dienone is 1. The van der Waals surface area contributed by atoms with E-state index in [1.54, 1.807) is 30.5 Å². The second-order valence-electron chi connectivity index (χ2n) is 15.2. The van der Waals surface area contributed by atoms with Crippen molar-refractivity contribution in [2.24, 2.45) is 11.1 Å². The molecule has 0 radical (unpaired) electrons. The van der Waals surface area contributed by atoms with Gasteiger partial charge in [-0.15, -0.1) is 6.58 Å². The topological polar surface area (TPSA) is 145 Å². The highest BCUT2D eigenvalue weighted by Crippen LogP contribution is 2.50. The van der Waals surface area contributed by atoms with Crippen LogP contribution >= 0.6 is 0 Å². The summed E-state index contributed by atoms with van der Waals surface area (Å²) in [5.74, 6) is -0.101. The minimum absolute atomic E-state index is 0.127. The van der Waals surface area contributed by atoms with Gasteiger partial charge in [0.2, 0.25) is 5.91 Å². The Hall–Kier alpha value is -5.84. The van der Waals surface area contributed by atoms with Gasteiger partial charge in [0.15, 0.2) is 11.6 Å². The summed E-state index contributed by atoms with van der Waals surface area (Å²) in [5.41, 5.74) is 9.94. The molecule has 3 amide bonds. The molecule has 2 N–H and O–H groups in total. The predicted octanol–water partition coefficient (Wildman–Crippen LogP) is 6.44. The van der Waals surface area contributed by atoms with E-state index < -0.39 is 23.8 Å². The Balaban J connectivity index is 0.919. The predicted molar refractivity (Wildman–Crippen MR) is 204 cm³/mol. The van der Waals surface area contributed by atoms with Crippen LogP contribution in [0.25, 0.3) is 0 Å². The lowest BCUT2D eigenvalue weighted by molar-refractivity contribution is -0.122. The molecule has 2 aliphatic heterocycles. The molecule has 7 rings (SSSR count). The van der Waals surface area contributed by atoms with Crippen LogP contribution in [-0.4, -0.2) is 63.6 Å². The molecule has 1 saturated heterocycles. The van der Waals surface area contributed by atoms with Crippen LogP contribution in [0.2, 0.25) is 0 Å². The molecular formula is C43H45N5O6. The van der Waals surface area contributed by atoms with Crippen molar-refractivity contribution in [1.29, 1.82) is 0 Å². The van der Waals surface area contributed by atoms with Gasteiger partial charge < -0.3 is 20.1 Å². The number of amides is 3. The van der Waals surface area contributed by atoms with E-state index >= 15 is 0 Å². The number of hydrogen-bond acceptors (Lipinski definition) is 9. The Labute approximate surface area is 315 Å². The van der Waals surface area contributed by atoms with Gasteiger partial charge in [0.25, 0.3) is 11.8 Å². The van der Waals surface area contributed by atoms with E-state index in [2.05, 4.69) is 59.6 Å². The van der Waals surface area contributed by atoms with Gasteiger partial charge in [-0.25, -0.2) is 9.97 Å². The highest BCUT2D eigenvalue weighted by Gasteiger charge is 2.50. The first kappa shape index (κ1) is 36.5. The zero-order valence-electron chi connectivity index (χ0n) is 30.9. The van der Waals surface area contributed by atoms with E-state index in [1.165, 1.54) is 6.92 Å². The Kier molecular flexibility index (Phi) is 9.83. The number of fused-ring (bicyclic) bond motifs is 1. The lowest BCUT2D eigenvalue weighted by Gasteiger charge is -2.44. The molecule has 2 fully saturated rings. The highest BCUT2D eigenvalue weighted by atomic mass is 16.5. The summed E-state index contributed by atoms with van der Waals surface area (Å²) in [6.07, 6.45) is 6.96. The molecular weight excluding hydrogens is 683 g/mol. The van der Waals surface area contributed by atoms with Crippen molar-refractivity contribution in [3.8, 4) is 11.5 Å². The summed E-state index contributed by atoms with van der Waals surface area (Å²) in [5, 5.41) is 0. The Morgan fingerprint density at radius 1 is 0.981 bits per heavy atom. The third-order valence-electron chi connectivity index (χ3n) is 11.2. The summed E-state index contributed by atoms with van der Waals surface area (Å²) >= 11 is 0. The maximum absolute atomic E-state index is 13.4. The molecule has 54 heavy (non-hydrogen) atoms. The van der Waals surface area contributed by atoms with Crippen LogP contribution in [0, 0.1) is 5.41 Å². The van der Waals surface area contributed by atoms with Gasteiger partial charge in [0.1, 0.15) is 24.1 Å². The average Bonchev–Trinajstić information content (AvgIpc) is 3.70. The fourth-order valence-electron chi connectivity index (χ4n) is 7.96. The lowest BCUT2D eigenvalue weighted by atomic mass is 9.66. The summed E-state index contributed by atoms with van der Waals surface area (Å²) in [6, 6.07) is 22.5. The smallest absolute Gasteiger partial charge is 0.262 e. The monoisotopic (exact) mass is 727 g/mol. The average molecular weight is 728 g/mol. The first-order valence-corrected chi connectivity index (χ1v) is 18.4. The van der Waals surface area contributed by atoms with E-state index in [-0.39, 0.29) is 41.6 Å². The van der Waals surface area contributed by atoms with Crippen molar-refractivity contribution >= 4 is 29.2 Å². The molecule has 1 unspecified atom stereocenters. The number of anilines is 1. The normalized spacial score (nSPS) is 19.7. The second kappa shape index (κ2) is 14.5. The van der Waals surface area contributed by atoms with E-state index in [1.807, 2.05) is 30.3 Å². The number of carbonyl (C=O) groups excluding carboxylic acids is 4. The fraction of sp³-hybridized carbons (Fsp3) is 0.349. The number of ether oxygens (including phenoxy) is 2. The number of hydrogen-bond donors (Lipinski definition) is 1. The van der Waals surface area contributed by atoms with Gasteiger partial charge in [-0.2, -0.15) is 0 Å². The van der Waals surface area contributed by atoms with E-state index in [0.29, 0.717) is 29.0 Å². The molecule has 1 aromatic heterocycles. The molecule has 3 aromatic carbocycles. The molecule has 11 nitrogen and oxygen atoms in total. The molecule has 3 aliphatic rings. The number of rotatable bonds is 14. The van der Waals surface area contributed by atoms with Crippen molar-refractivity contribution in [3.05, 3.63) is 125 Å². The van der Waals surface area contributed by atoms with Crippen molar-refractivity contribution in [3.63, 3.8) is 0 Å². The van der Waals surface area contributed by atoms with Gasteiger partial charge >= 0.3 is 0 Å². The Morgan fingerprint density at radius 2 is 1.65 bits per heavy atom. The van der Waals surface area contributed by atoms with Crippen LogP contribution in [-0.2, 0) is 16.8 Å². The molecule has 4 aromatic rings. The number of nitrogens with two attached hydrogens (primary N) is 1. The quantitative estimate of drug-likeness (QED) is 0.0882. The third-order valence-corrected chi connectivity index (χ3v) is 11.2. The van der Waals surface area contributed by atoms with Crippen LogP contribution in [0.3, 0.4) is 0 Å². The van der Waals surface area contributed by atoms with Gasteiger partial charge in [0, 0.05) is 37.3 Å². The first-order valence-electron chi connectivity index (χ1n) is 18.4. The standard InChI is InChI=1S/C43H45N5O6/c1-5-6-7-37(38(44)50)48-40(51)35-17-12-31(22-36(35)41(48)52)47-21-19-43(26-47)23-34(24-43)54-33-15-10-29(11-16-33)42(3,4)28-8-13-32(14-9-28)53-25-30-18-20-45-39(46-30)27(2)49/h5,8-18,20,22,34,37H,1,6-7,19,21,23-26H2,2-4H3,(H2,44,50). The summed E-state index contributed by atoms with van der Waals surface area (Å²) in [4.78, 5) is 61.8. The van der Waals surface area contributed by atoms with Crippen LogP contribution in [0.5, 0.6) is 11.5 Å². The van der Waals surface area contributed by atoms with E-state index in [9.17, 15) is 19.2 Å². The molecule has 278 valence electrons. The van der Waals surface area contributed by atoms with Gasteiger partial charge in [-0.3, -0.25) is 24.1 Å². The summed E-state index contributed by atoms with van der Waals surface area (Å²) in [6.45, 7) is 11.4. The molecule has 3 heterocycles. The summed E-state index contributed by atoms with van der Waals surface area (Å²) in [7, 11) is 0. The molecule has 11 heteroatoms. The maximum atomic E-state index is 13.4. The van der Waals surface area contributed by atoms with Crippen LogP contribution in [0.1, 0.15) is 101 Å². The number of primary amides is 1. The molecule has 1 saturated carbocycles. The third kappa shape index (κ3) is 7.10. The fourth-order valence-corrected chi connectivity index (χ4v) is 7.96. The number of Topliss-reactive ketones (excluding diaryl/α,β-unsaturated/α-hetero) is 1. The largest absolute Gasteiger partial charge is 0.490 e. The number of ketones is 1. The number of nitrogens with zero attached hydrogens (tertiary/aromatic N) is 4. The SMILES string of the molecule is C=CCCC(C(N)=O)N1C(=O)c2ccc(N3CCC4(CC(Oc5ccc(C(C)(C)c6ccc(OCc7ccnc(C(C)=O)n7)cc6)cc5)C4)C3)cc2C1=O. The van der Waals surface area contributed by atoms with Crippen LogP contribution < -0.4 is 20.1 Å². The Morgan fingerprint density at radius 3 is 2.30 bits per heavy atom. The lowest BCUT2D eigenvalue weighted by Crippen LogP contribution is -2.47. The van der Waals surface area contributed by atoms with Gasteiger partial charge in [-0.1, -0.05) is 44.2 Å². The Bertz CT molecular complexity index is 2110. The van der Waals surface area contributed by atoms with Crippen molar-refractivity contribution in [2.75, 3.05) is 18.0 Å². The van der Waals surface area contributed by atoms with Crippen molar-refractivity contribution in [1.82, 2.24) is 14.9 Å². The molecule has 0 bridgehead atoms. The van der Waals surface area contributed by atoms with Gasteiger partial charge in [-0.05, 0) is 97.2 Å². The zero-order valence-corrected chi connectivity index (χ0v) is 30.9. The zero-order chi connectivity index (χ0) is 38.2. The minimum Gasteiger partial charge on any atom is -0.490 e. The van der Waals surface area contributed by atoms with E-state index in [4.69, 9.17) is 15.2 Å². The van der Waals surface area contributed by atoms with E-state index in [0.717, 1.165) is 59.8 Å². The van der Waals surface area contributed by atoms with Gasteiger partial charge in [0.05, 0.1) is 22.9 Å². The van der Waals surface area contributed by atoms with Crippen molar-refractivity contribution < 1.29 is 28.7 Å². The minimum atomic E-state index is -1.00. The second-order valence-corrected chi connectivity index (χ2v) is 15.2. The number of benzene rings is 3. The number of imide groups is 1. The number of carbonyl (C=O) groups is 4. The molecule has 1 aliphatic carbocycles. The highest BCUT2D eigenvalue weighted by molar-refractivity contribution is 6.23. The molecule has 1 spiro atoms. The maximum Gasteiger partial charge on any atom is 0.262 e. The first-order chi connectivity index (χ1) is 25.9. The van der Waals surface area contributed by atoms with Crippen LogP contribution in [0.15, 0.2) is 91.6 Å². The number of aromatic nitrogens is 2. The van der Waals surface area contributed by atoms with Crippen LogP contribution in [0.4, 0.5) is 5.69 Å². The molecule has 1 atom stereocenters. The summed E-state index contributed by atoms with van der Waals surface area (Å²) < 4.78 is 12.3. The van der Waals surface area contributed by atoms with Crippen molar-refractivity contribution in [2.45, 2.75) is 77.0 Å².